The fourth-order valence-corrected chi connectivity index (χ4v) is 1.43. The molecule has 0 amide bonds. The average molecular weight is 220 g/mol. The van der Waals surface area contributed by atoms with Crippen LogP contribution in [-0.4, -0.2) is 22.6 Å². The monoisotopic (exact) mass is 220 g/mol. The maximum absolute atomic E-state index is 11.9. The van der Waals surface area contributed by atoms with E-state index in [1.165, 1.54) is 0 Å². The van der Waals surface area contributed by atoms with Gasteiger partial charge in [0.2, 0.25) is 0 Å². The number of nitrogens with zero attached hydrogens (tertiary/aromatic N) is 1. The number of hydrogen-bond acceptors (Lipinski definition) is 4. The van der Waals surface area contributed by atoms with E-state index in [4.69, 9.17) is 5.73 Å². The van der Waals surface area contributed by atoms with Crippen LogP contribution in [0.25, 0.3) is 0 Å². The fourth-order valence-electron chi connectivity index (χ4n) is 1.43. The number of Topliss-reactive ketones (excluding diaryl/α,β-unsaturated/α-hetero) is 2. The maximum atomic E-state index is 11.9. The quantitative estimate of drug-likeness (QED) is 0.753. The lowest BCUT2D eigenvalue weighted by Crippen LogP contribution is -2.40. The zero-order valence-corrected chi connectivity index (χ0v) is 9.51. The highest BCUT2D eigenvalue weighted by Crippen LogP contribution is 2.14. The minimum Gasteiger partial charge on any atom is -0.315 e. The molecule has 1 heterocycles. The Morgan fingerprint density at radius 1 is 1.44 bits per heavy atom. The Balaban J connectivity index is 2.79. The minimum atomic E-state index is -1.03. The molecule has 0 fully saturated rings. The molecule has 0 aliphatic heterocycles. The summed E-state index contributed by atoms with van der Waals surface area (Å²) in [4.78, 5) is 27.3. The van der Waals surface area contributed by atoms with Gasteiger partial charge in [-0.15, -0.1) is 0 Å². The SMILES string of the molecule is CCC(=O)C(N)C(=O)C(C)c1ccccn1. The molecule has 0 saturated carbocycles. The third kappa shape index (κ3) is 2.73. The summed E-state index contributed by atoms with van der Waals surface area (Å²) in [7, 11) is 0. The van der Waals surface area contributed by atoms with Gasteiger partial charge in [-0.1, -0.05) is 13.0 Å². The lowest BCUT2D eigenvalue weighted by molar-refractivity contribution is -0.129. The van der Waals surface area contributed by atoms with Crippen molar-refractivity contribution in [1.29, 1.82) is 0 Å². The molecule has 2 unspecified atom stereocenters. The predicted molar refractivity (Wildman–Crippen MR) is 60.9 cm³/mol. The molecular weight excluding hydrogens is 204 g/mol. The van der Waals surface area contributed by atoms with E-state index in [-0.39, 0.29) is 18.0 Å². The number of pyridine rings is 1. The van der Waals surface area contributed by atoms with Gasteiger partial charge in [-0.3, -0.25) is 14.6 Å². The van der Waals surface area contributed by atoms with Gasteiger partial charge < -0.3 is 5.73 Å². The number of ketones is 2. The van der Waals surface area contributed by atoms with E-state index in [2.05, 4.69) is 4.98 Å². The molecule has 2 atom stereocenters. The van der Waals surface area contributed by atoms with Crippen LogP contribution in [0.5, 0.6) is 0 Å². The summed E-state index contributed by atoms with van der Waals surface area (Å²) in [5.41, 5.74) is 6.23. The largest absolute Gasteiger partial charge is 0.315 e. The molecule has 1 aromatic heterocycles. The maximum Gasteiger partial charge on any atom is 0.165 e. The number of carbonyl (C=O) groups excluding carboxylic acids is 2. The van der Waals surface area contributed by atoms with E-state index in [9.17, 15) is 9.59 Å². The standard InChI is InChI=1S/C12H16N2O2/c1-3-10(15)11(13)12(16)8(2)9-6-4-5-7-14-9/h4-8,11H,3,13H2,1-2H3. The van der Waals surface area contributed by atoms with Gasteiger partial charge in [0.1, 0.15) is 6.04 Å². The highest BCUT2D eigenvalue weighted by molar-refractivity contribution is 6.08. The van der Waals surface area contributed by atoms with Crippen LogP contribution in [0, 0.1) is 0 Å². The summed E-state index contributed by atoms with van der Waals surface area (Å²) < 4.78 is 0. The molecular formula is C12H16N2O2. The van der Waals surface area contributed by atoms with Crippen molar-refractivity contribution in [1.82, 2.24) is 4.98 Å². The number of rotatable bonds is 5. The van der Waals surface area contributed by atoms with E-state index >= 15 is 0 Å². The number of aromatic nitrogens is 1. The fraction of sp³-hybridized carbons (Fsp3) is 0.417. The lowest BCUT2D eigenvalue weighted by atomic mass is 9.94. The van der Waals surface area contributed by atoms with Crippen molar-refractivity contribution in [3.8, 4) is 0 Å². The third-order valence-electron chi connectivity index (χ3n) is 2.56. The van der Waals surface area contributed by atoms with Gasteiger partial charge in [-0.2, -0.15) is 0 Å². The van der Waals surface area contributed by atoms with Crippen molar-refractivity contribution in [3.05, 3.63) is 30.1 Å². The van der Waals surface area contributed by atoms with Gasteiger partial charge in [0.25, 0.3) is 0 Å². The number of nitrogens with two attached hydrogens (primary N) is 1. The number of hydrogen-bond donors (Lipinski definition) is 1. The van der Waals surface area contributed by atoms with Gasteiger partial charge >= 0.3 is 0 Å². The summed E-state index contributed by atoms with van der Waals surface area (Å²) >= 11 is 0. The summed E-state index contributed by atoms with van der Waals surface area (Å²) in [5, 5.41) is 0. The summed E-state index contributed by atoms with van der Waals surface area (Å²) in [6.45, 7) is 3.41. The van der Waals surface area contributed by atoms with Crippen molar-refractivity contribution in [3.63, 3.8) is 0 Å². The number of carbonyl (C=O) groups is 2. The van der Waals surface area contributed by atoms with Crippen LogP contribution in [0.2, 0.25) is 0 Å². The van der Waals surface area contributed by atoms with Crippen molar-refractivity contribution in [2.24, 2.45) is 5.73 Å². The Morgan fingerprint density at radius 2 is 2.12 bits per heavy atom. The van der Waals surface area contributed by atoms with E-state index in [1.807, 2.05) is 0 Å². The van der Waals surface area contributed by atoms with Crippen LogP contribution < -0.4 is 5.73 Å². The Bertz CT molecular complexity index is 376. The molecule has 0 bridgehead atoms. The van der Waals surface area contributed by atoms with Gasteiger partial charge in [0.15, 0.2) is 11.6 Å². The molecule has 4 nitrogen and oxygen atoms in total. The molecule has 1 rings (SSSR count). The minimum absolute atomic E-state index is 0.229. The smallest absolute Gasteiger partial charge is 0.165 e. The topological polar surface area (TPSA) is 73.1 Å². The first kappa shape index (κ1) is 12.5. The molecule has 86 valence electrons. The zero-order chi connectivity index (χ0) is 12.1. The van der Waals surface area contributed by atoms with Crippen molar-refractivity contribution < 1.29 is 9.59 Å². The summed E-state index contributed by atoms with van der Waals surface area (Å²) in [6, 6.07) is 4.31. The average Bonchev–Trinajstić information content (AvgIpc) is 2.36. The predicted octanol–water partition coefficient (Wildman–Crippen LogP) is 1.06. The van der Waals surface area contributed by atoms with Crippen LogP contribution in [0.15, 0.2) is 24.4 Å². The van der Waals surface area contributed by atoms with Crippen molar-refractivity contribution >= 4 is 11.6 Å². The van der Waals surface area contributed by atoms with Crippen LogP contribution in [0.3, 0.4) is 0 Å². The molecule has 2 N–H and O–H groups in total. The summed E-state index contributed by atoms with van der Waals surface area (Å²) in [6.07, 6.45) is 1.90. The van der Waals surface area contributed by atoms with Crippen LogP contribution in [0.1, 0.15) is 31.9 Å². The second-order valence-electron chi connectivity index (χ2n) is 3.68. The van der Waals surface area contributed by atoms with E-state index in [0.717, 1.165) is 0 Å². The Labute approximate surface area is 94.9 Å². The molecule has 4 heteroatoms. The first-order valence-electron chi connectivity index (χ1n) is 5.30. The van der Waals surface area contributed by atoms with Gasteiger partial charge in [-0.05, 0) is 19.1 Å². The Kier molecular flexibility index (Phi) is 4.31. The second-order valence-corrected chi connectivity index (χ2v) is 3.68. The van der Waals surface area contributed by atoms with Crippen molar-refractivity contribution in [2.75, 3.05) is 0 Å². The van der Waals surface area contributed by atoms with Gasteiger partial charge in [0, 0.05) is 12.6 Å². The molecule has 0 spiro atoms. The van der Waals surface area contributed by atoms with Crippen LogP contribution in [0.4, 0.5) is 0 Å². The second kappa shape index (κ2) is 5.51. The molecule has 0 saturated heterocycles. The lowest BCUT2D eigenvalue weighted by Gasteiger charge is -2.14. The molecule has 1 aromatic rings. The molecule has 0 aliphatic carbocycles. The van der Waals surface area contributed by atoms with E-state index in [1.54, 1.807) is 38.2 Å². The van der Waals surface area contributed by atoms with Crippen LogP contribution in [-0.2, 0) is 9.59 Å². The van der Waals surface area contributed by atoms with Gasteiger partial charge in [0.05, 0.1) is 11.6 Å². The molecule has 0 aromatic carbocycles. The van der Waals surface area contributed by atoms with Crippen molar-refractivity contribution in [2.45, 2.75) is 32.2 Å². The normalized spacial score (nSPS) is 14.2. The molecule has 16 heavy (non-hydrogen) atoms. The van der Waals surface area contributed by atoms with E-state index < -0.39 is 12.0 Å². The molecule has 0 aliphatic rings. The van der Waals surface area contributed by atoms with Crippen LogP contribution >= 0.6 is 0 Å². The van der Waals surface area contributed by atoms with E-state index in [0.29, 0.717) is 5.69 Å². The van der Waals surface area contributed by atoms with Gasteiger partial charge in [-0.25, -0.2) is 0 Å². The third-order valence-corrected chi connectivity index (χ3v) is 2.56. The Morgan fingerprint density at radius 3 is 2.62 bits per heavy atom. The Hall–Kier alpha value is -1.55. The first-order valence-corrected chi connectivity index (χ1v) is 5.30. The molecule has 0 radical (unpaired) electrons. The highest BCUT2D eigenvalue weighted by Gasteiger charge is 2.26. The first-order chi connectivity index (χ1) is 7.57. The highest BCUT2D eigenvalue weighted by atomic mass is 16.2. The summed E-state index contributed by atoms with van der Waals surface area (Å²) in [5.74, 6) is -0.940. The zero-order valence-electron chi connectivity index (χ0n) is 9.51.